The Balaban J connectivity index is 1.06. The summed E-state index contributed by atoms with van der Waals surface area (Å²) >= 11 is 5.91. The molecule has 0 bridgehead atoms. The molecule has 0 atom stereocenters. The molecule has 1 N–H and O–H groups in total. The molecule has 3 aromatic rings. The van der Waals surface area contributed by atoms with E-state index in [1.54, 1.807) is 0 Å². The van der Waals surface area contributed by atoms with Crippen LogP contribution >= 0.6 is 11.6 Å². The van der Waals surface area contributed by atoms with E-state index in [2.05, 4.69) is 28.7 Å². The summed E-state index contributed by atoms with van der Waals surface area (Å²) in [6.07, 6.45) is 4.38. The topological polar surface area (TPSA) is 76.8 Å². The molecule has 1 saturated carbocycles. The van der Waals surface area contributed by atoms with Crippen LogP contribution in [0.1, 0.15) is 48.4 Å². The van der Waals surface area contributed by atoms with Gasteiger partial charge in [-0.2, -0.15) is 0 Å². The monoisotopic (exact) mass is 509 g/mol. The number of anilines is 1. The summed E-state index contributed by atoms with van der Waals surface area (Å²) in [7, 11) is 0. The van der Waals surface area contributed by atoms with Crippen molar-refractivity contribution in [3.63, 3.8) is 0 Å². The fraction of sp³-hybridized carbons (Fsp3) is 0.429. The number of nitrogens with zero attached hydrogens (tertiary/aromatic N) is 2. The van der Waals surface area contributed by atoms with Gasteiger partial charge in [0.2, 0.25) is 5.88 Å². The molecule has 1 saturated heterocycles. The van der Waals surface area contributed by atoms with Gasteiger partial charge in [-0.3, -0.25) is 5.32 Å². The van der Waals surface area contributed by atoms with Crippen LogP contribution in [0.2, 0.25) is 5.02 Å². The summed E-state index contributed by atoms with van der Waals surface area (Å²) in [6.45, 7) is 6.24. The van der Waals surface area contributed by atoms with Crippen LogP contribution in [0.15, 0.2) is 53.1 Å². The lowest BCUT2D eigenvalue weighted by molar-refractivity contribution is 0.0289. The number of hydrogen-bond acceptors (Lipinski definition) is 5. The van der Waals surface area contributed by atoms with E-state index >= 15 is 0 Å². The number of halogens is 1. The van der Waals surface area contributed by atoms with Gasteiger partial charge in [-0.1, -0.05) is 28.9 Å². The predicted molar refractivity (Wildman–Crippen MR) is 139 cm³/mol. The normalized spacial score (nSPS) is 17.0. The second kappa shape index (κ2) is 10.4. The molecule has 0 radical (unpaired) electrons. The number of likely N-dealkylation sites (tertiary alicyclic amines) is 1. The van der Waals surface area contributed by atoms with Crippen molar-refractivity contribution in [2.45, 2.75) is 45.4 Å². The Bertz CT molecular complexity index is 1190. The summed E-state index contributed by atoms with van der Waals surface area (Å²) < 4.78 is 16.9. The first-order valence-electron chi connectivity index (χ1n) is 12.5. The Morgan fingerprint density at radius 3 is 2.44 bits per heavy atom. The van der Waals surface area contributed by atoms with Gasteiger partial charge in [-0.25, -0.2) is 4.79 Å². The van der Waals surface area contributed by atoms with Crippen molar-refractivity contribution in [3.8, 4) is 11.5 Å². The number of carbonyl (C=O) groups excluding carboxylic acids is 1. The fourth-order valence-corrected chi connectivity index (χ4v) is 5.36. The summed E-state index contributed by atoms with van der Waals surface area (Å²) in [5.41, 5.74) is 3.33. The molecule has 190 valence electrons. The Morgan fingerprint density at radius 1 is 1.08 bits per heavy atom. The van der Waals surface area contributed by atoms with Crippen molar-refractivity contribution in [2.75, 3.05) is 31.6 Å². The summed E-state index contributed by atoms with van der Waals surface area (Å²) in [6, 6.07) is 15.6. The Morgan fingerprint density at radius 2 is 1.78 bits per heavy atom. The van der Waals surface area contributed by atoms with Crippen molar-refractivity contribution in [2.24, 2.45) is 5.41 Å². The first-order chi connectivity index (χ1) is 17.4. The van der Waals surface area contributed by atoms with Gasteiger partial charge < -0.3 is 18.9 Å². The van der Waals surface area contributed by atoms with Crippen molar-refractivity contribution in [1.82, 2.24) is 10.1 Å². The maximum absolute atomic E-state index is 12.7. The van der Waals surface area contributed by atoms with Crippen LogP contribution in [0.4, 0.5) is 10.7 Å². The third kappa shape index (κ3) is 5.46. The van der Waals surface area contributed by atoms with E-state index in [0.717, 1.165) is 61.5 Å². The molecule has 2 heterocycles. The first kappa shape index (κ1) is 24.5. The molecule has 2 aliphatic rings. The SMILES string of the molecule is Cc1noc(NC(=O)N2CCC3(CC2)CC(c2cccc(OCCOc4ccc(Cl)cc4)c2)C3)c1C. The van der Waals surface area contributed by atoms with Gasteiger partial charge in [0.15, 0.2) is 0 Å². The number of ether oxygens (including phenoxy) is 2. The average molecular weight is 510 g/mol. The number of aryl methyl sites for hydroxylation is 1. The number of aromatic nitrogens is 1. The molecule has 1 spiro atoms. The van der Waals surface area contributed by atoms with Crippen LogP contribution in [-0.4, -0.2) is 42.4 Å². The number of carbonyl (C=O) groups is 1. The number of piperidine rings is 1. The van der Waals surface area contributed by atoms with Gasteiger partial charge in [0.1, 0.15) is 24.7 Å². The number of urea groups is 1. The molecule has 2 fully saturated rings. The van der Waals surface area contributed by atoms with Gasteiger partial charge in [-0.15, -0.1) is 0 Å². The number of amides is 2. The molecule has 36 heavy (non-hydrogen) atoms. The molecule has 2 aromatic carbocycles. The molecule has 1 aliphatic heterocycles. The number of hydrogen-bond donors (Lipinski definition) is 1. The minimum absolute atomic E-state index is 0.107. The summed E-state index contributed by atoms with van der Waals surface area (Å²) in [5, 5.41) is 7.47. The highest BCUT2D eigenvalue weighted by molar-refractivity contribution is 6.30. The number of benzene rings is 2. The second-order valence-corrected chi connectivity index (χ2v) is 10.4. The third-order valence-electron chi connectivity index (χ3n) is 7.61. The quantitative estimate of drug-likeness (QED) is 0.363. The Kier molecular flexibility index (Phi) is 7.10. The maximum atomic E-state index is 12.7. The van der Waals surface area contributed by atoms with Crippen LogP contribution in [0, 0.1) is 19.3 Å². The predicted octanol–water partition coefficient (Wildman–Crippen LogP) is 6.59. The van der Waals surface area contributed by atoms with Crippen LogP contribution in [-0.2, 0) is 0 Å². The van der Waals surface area contributed by atoms with Crippen molar-refractivity contribution < 1.29 is 18.8 Å². The largest absolute Gasteiger partial charge is 0.490 e. The van der Waals surface area contributed by atoms with Crippen molar-refractivity contribution >= 4 is 23.5 Å². The molecule has 1 aromatic heterocycles. The minimum atomic E-state index is -0.107. The lowest BCUT2D eigenvalue weighted by Crippen LogP contribution is -2.49. The number of nitrogens with one attached hydrogen (secondary N) is 1. The van der Waals surface area contributed by atoms with Gasteiger partial charge in [0, 0.05) is 23.7 Å². The van der Waals surface area contributed by atoms with E-state index in [0.29, 0.717) is 35.5 Å². The van der Waals surface area contributed by atoms with Crippen LogP contribution in [0.25, 0.3) is 0 Å². The minimum Gasteiger partial charge on any atom is -0.490 e. The average Bonchev–Trinajstić information content (AvgIpc) is 3.18. The molecule has 8 heteroatoms. The van der Waals surface area contributed by atoms with Gasteiger partial charge in [0.25, 0.3) is 0 Å². The highest BCUT2D eigenvalue weighted by Crippen LogP contribution is 2.56. The van der Waals surface area contributed by atoms with Crippen LogP contribution in [0.5, 0.6) is 11.5 Å². The van der Waals surface area contributed by atoms with Gasteiger partial charge in [0.05, 0.1) is 5.69 Å². The van der Waals surface area contributed by atoms with Crippen molar-refractivity contribution in [3.05, 3.63) is 70.4 Å². The smallest absolute Gasteiger partial charge is 0.324 e. The standard InChI is InChI=1S/C28H32ClN3O4/c1-19-20(2)31-36-26(19)30-27(33)32-12-10-28(11-13-32)17-22(18-28)21-4-3-5-25(16-21)35-15-14-34-24-8-6-23(29)7-9-24/h3-9,16,22H,10-15,17-18H2,1-2H3,(H,30,33). The second-order valence-electron chi connectivity index (χ2n) is 9.97. The lowest BCUT2D eigenvalue weighted by atomic mass is 9.56. The van der Waals surface area contributed by atoms with Gasteiger partial charge >= 0.3 is 6.03 Å². The zero-order valence-electron chi connectivity index (χ0n) is 20.8. The van der Waals surface area contributed by atoms with E-state index in [4.69, 9.17) is 25.6 Å². The zero-order chi connectivity index (χ0) is 25.1. The molecule has 2 amide bonds. The molecule has 5 rings (SSSR count). The van der Waals surface area contributed by atoms with E-state index in [1.807, 2.05) is 49.1 Å². The highest BCUT2D eigenvalue weighted by Gasteiger charge is 2.46. The van der Waals surface area contributed by atoms with E-state index in [9.17, 15) is 4.79 Å². The molecular formula is C28H32ClN3O4. The van der Waals surface area contributed by atoms with Crippen LogP contribution < -0.4 is 14.8 Å². The van der Waals surface area contributed by atoms with Gasteiger partial charge in [-0.05, 0) is 92.8 Å². The molecular weight excluding hydrogens is 478 g/mol. The van der Waals surface area contributed by atoms with E-state index < -0.39 is 0 Å². The molecule has 0 unspecified atom stereocenters. The fourth-order valence-electron chi connectivity index (χ4n) is 5.23. The summed E-state index contributed by atoms with van der Waals surface area (Å²) in [5.74, 6) is 2.64. The lowest BCUT2D eigenvalue weighted by Gasteiger charge is -2.52. The number of rotatable bonds is 7. The third-order valence-corrected chi connectivity index (χ3v) is 7.86. The highest BCUT2D eigenvalue weighted by atomic mass is 35.5. The zero-order valence-corrected chi connectivity index (χ0v) is 21.5. The Labute approximate surface area is 216 Å². The van der Waals surface area contributed by atoms with E-state index in [1.165, 1.54) is 5.56 Å². The van der Waals surface area contributed by atoms with Crippen molar-refractivity contribution in [1.29, 1.82) is 0 Å². The maximum Gasteiger partial charge on any atom is 0.324 e. The summed E-state index contributed by atoms with van der Waals surface area (Å²) in [4.78, 5) is 14.6. The van der Waals surface area contributed by atoms with Crippen LogP contribution in [0.3, 0.4) is 0 Å². The molecule has 7 nitrogen and oxygen atoms in total. The first-order valence-corrected chi connectivity index (χ1v) is 12.9. The van der Waals surface area contributed by atoms with E-state index in [-0.39, 0.29) is 6.03 Å². The Hall–Kier alpha value is -3.19. The molecule has 1 aliphatic carbocycles.